The van der Waals surface area contributed by atoms with Crippen molar-refractivity contribution >= 4 is 22.0 Å². The van der Waals surface area contributed by atoms with E-state index in [2.05, 4.69) is 15.9 Å². The Balaban J connectivity index is 2.99. The predicted molar refractivity (Wildman–Crippen MR) is 70.4 cm³/mol. The fourth-order valence-corrected chi connectivity index (χ4v) is 1.60. The molecular weight excluding hydrogens is 304 g/mol. The summed E-state index contributed by atoms with van der Waals surface area (Å²) in [5.74, 6) is -0.413. The van der Waals surface area contributed by atoms with Gasteiger partial charge in [0.1, 0.15) is 5.60 Å². The number of halogens is 1. The first-order valence-electron chi connectivity index (χ1n) is 5.56. The molecule has 6 nitrogen and oxygen atoms in total. The maximum Gasteiger partial charge on any atom is 0.425 e. The number of alkyl halides is 1. The molecular formula is C11H17BrN2O4. The van der Waals surface area contributed by atoms with Crippen LogP contribution >= 0.6 is 15.9 Å². The first-order valence-corrected chi connectivity index (χ1v) is 6.69. The molecule has 0 spiro atoms. The highest BCUT2D eigenvalue weighted by atomic mass is 79.9. The normalized spacial score (nSPS) is 11.6. The number of rotatable bonds is 3. The fraction of sp³-hybridized carbons (Fsp3) is 0.636. The van der Waals surface area contributed by atoms with Gasteiger partial charge in [0.05, 0.1) is 6.20 Å². The highest BCUT2D eigenvalue weighted by Crippen LogP contribution is 2.12. The number of nitrogens with zero attached hydrogens (tertiary/aromatic N) is 2. The molecule has 7 heteroatoms. The van der Waals surface area contributed by atoms with Crippen molar-refractivity contribution in [3.05, 3.63) is 16.7 Å². The Morgan fingerprint density at radius 3 is 2.61 bits per heavy atom. The summed E-state index contributed by atoms with van der Waals surface area (Å²) in [6.07, 6.45) is 1.08. The summed E-state index contributed by atoms with van der Waals surface area (Å²) in [7, 11) is 0. The van der Waals surface area contributed by atoms with E-state index in [1.165, 1.54) is 10.8 Å². The molecule has 1 heterocycles. The van der Waals surface area contributed by atoms with E-state index < -0.39 is 23.3 Å². The van der Waals surface area contributed by atoms with E-state index in [1.807, 2.05) is 0 Å². The van der Waals surface area contributed by atoms with Crippen LogP contribution in [0, 0.1) is 0 Å². The summed E-state index contributed by atoms with van der Waals surface area (Å²) in [5.41, 5.74) is -1.32. The fourth-order valence-electron chi connectivity index (χ4n) is 1.35. The van der Waals surface area contributed by atoms with Gasteiger partial charge in [0.15, 0.2) is 0 Å². The molecule has 0 aliphatic carbocycles. The second kappa shape index (κ2) is 5.60. The van der Waals surface area contributed by atoms with Crippen LogP contribution in [0.4, 0.5) is 4.79 Å². The van der Waals surface area contributed by atoms with Crippen LogP contribution < -0.4 is 5.69 Å². The Morgan fingerprint density at radius 2 is 2.11 bits per heavy atom. The van der Waals surface area contributed by atoms with Gasteiger partial charge in [0.25, 0.3) is 0 Å². The molecule has 102 valence electrons. The predicted octanol–water partition coefficient (Wildman–Crippen LogP) is 1.92. The van der Waals surface area contributed by atoms with Gasteiger partial charge >= 0.3 is 11.8 Å². The Labute approximate surface area is 113 Å². The molecule has 0 radical (unpaired) electrons. The van der Waals surface area contributed by atoms with Gasteiger partial charge in [0.2, 0.25) is 5.88 Å². The lowest BCUT2D eigenvalue weighted by atomic mass is 10.2. The van der Waals surface area contributed by atoms with E-state index in [-0.39, 0.29) is 0 Å². The van der Waals surface area contributed by atoms with Crippen LogP contribution in [0.2, 0.25) is 0 Å². The van der Waals surface area contributed by atoms with Crippen molar-refractivity contribution in [1.29, 1.82) is 0 Å². The molecule has 0 aliphatic rings. The number of imidazole rings is 1. The van der Waals surface area contributed by atoms with Crippen LogP contribution in [0.1, 0.15) is 27.2 Å². The molecule has 0 bridgehead atoms. The monoisotopic (exact) mass is 320 g/mol. The van der Waals surface area contributed by atoms with Crippen LogP contribution in [-0.4, -0.2) is 31.3 Å². The molecule has 0 saturated carbocycles. The number of aromatic hydroxyl groups is 1. The standard InChI is InChI=1S/C11H17BrN2O4/c1-11(2,3)18-10(17)14-8(15)7-13(9(14)16)6-4-5-12/h7,15H,4-6H2,1-3H3. The summed E-state index contributed by atoms with van der Waals surface area (Å²) >= 11 is 3.25. The number of hydrogen-bond acceptors (Lipinski definition) is 4. The van der Waals surface area contributed by atoms with Gasteiger partial charge in [-0.25, -0.2) is 9.59 Å². The van der Waals surface area contributed by atoms with Gasteiger partial charge in [-0.05, 0) is 27.2 Å². The zero-order valence-electron chi connectivity index (χ0n) is 10.6. The van der Waals surface area contributed by atoms with Crippen LogP contribution in [0.25, 0.3) is 0 Å². The van der Waals surface area contributed by atoms with E-state index in [0.717, 1.165) is 11.8 Å². The maximum atomic E-state index is 11.9. The number of hydrogen-bond donors (Lipinski definition) is 1. The van der Waals surface area contributed by atoms with Gasteiger partial charge in [-0.15, -0.1) is 0 Å². The highest BCUT2D eigenvalue weighted by molar-refractivity contribution is 9.09. The largest absolute Gasteiger partial charge is 0.493 e. The molecule has 0 aliphatic heterocycles. The van der Waals surface area contributed by atoms with Gasteiger partial charge in [-0.3, -0.25) is 4.57 Å². The SMILES string of the molecule is CC(C)(C)OC(=O)n1c(O)cn(CCCBr)c1=O. The Hall–Kier alpha value is -1.24. The third-order valence-electron chi connectivity index (χ3n) is 2.05. The van der Waals surface area contributed by atoms with E-state index >= 15 is 0 Å². The third-order valence-corrected chi connectivity index (χ3v) is 2.61. The zero-order valence-corrected chi connectivity index (χ0v) is 12.2. The summed E-state index contributed by atoms with van der Waals surface area (Å²) in [5, 5.41) is 10.3. The van der Waals surface area contributed by atoms with E-state index in [9.17, 15) is 14.7 Å². The summed E-state index contributed by atoms with van der Waals surface area (Å²) in [6.45, 7) is 5.49. The molecule has 1 N–H and O–H groups in total. The topological polar surface area (TPSA) is 73.5 Å². The van der Waals surface area contributed by atoms with Crippen molar-refractivity contribution in [2.75, 3.05) is 5.33 Å². The average molecular weight is 321 g/mol. The lowest BCUT2D eigenvalue weighted by molar-refractivity contribution is 0.0518. The lowest BCUT2D eigenvalue weighted by Crippen LogP contribution is -2.34. The van der Waals surface area contributed by atoms with Crippen LogP contribution in [0.3, 0.4) is 0 Å². The second-order valence-electron chi connectivity index (χ2n) is 4.82. The van der Waals surface area contributed by atoms with Crippen molar-refractivity contribution in [2.45, 2.75) is 39.3 Å². The maximum absolute atomic E-state index is 11.9. The summed E-state index contributed by atoms with van der Waals surface area (Å²) < 4.78 is 6.95. The number of carbonyl (C=O) groups excluding carboxylic acids is 1. The van der Waals surface area contributed by atoms with Crippen LogP contribution in [0.15, 0.2) is 11.0 Å². The van der Waals surface area contributed by atoms with E-state index in [0.29, 0.717) is 11.1 Å². The van der Waals surface area contributed by atoms with E-state index in [1.54, 1.807) is 20.8 Å². The van der Waals surface area contributed by atoms with Gasteiger partial charge in [-0.1, -0.05) is 15.9 Å². The molecule has 1 rings (SSSR count). The molecule has 0 atom stereocenters. The molecule has 0 aromatic carbocycles. The third kappa shape index (κ3) is 3.63. The van der Waals surface area contributed by atoms with Gasteiger partial charge in [-0.2, -0.15) is 4.57 Å². The summed E-state index contributed by atoms with van der Waals surface area (Å²) in [6, 6.07) is 0. The minimum atomic E-state index is -0.873. The van der Waals surface area contributed by atoms with Crippen LogP contribution in [-0.2, 0) is 11.3 Å². The Bertz CT molecular complexity index is 484. The quantitative estimate of drug-likeness (QED) is 0.863. The van der Waals surface area contributed by atoms with Gasteiger partial charge in [0, 0.05) is 11.9 Å². The molecule has 18 heavy (non-hydrogen) atoms. The zero-order chi connectivity index (χ0) is 13.9. The first kappa shape index (κ1) is 14.8. The van der Waals surface area contributed by atoms with Crippen molar-refractivity contribution in [2.24, 2.45) is 0 Å². The number of aryl methyl sites for hydroxylation is 1. The molecule has 0 fully saturated rings. The van der Waals surface area contributed by atoms with Crippen molar-refractivity contribution in [3.8, 4) is 5.88 Å². The minimum Gasteiger partial charge on any atom is -0.493 e. The van der Waals surface area contributed by atoms with E-state index in [4.69, 9.17) is 4.74 Å². The Kier molecular flexibility index (Phi) is 4.61. The highest BCUT2D eigenvalue weighted by Gasteiger charge is 2.23. The van der Waals surface area contributed by atoms with Crippen molar-refractivity contribution < 1.29 is 14.6 Å². The molecule has 1 aromatic rings. The molecule has 1 aromatic heterocycles. The average Bonchev–Trinajstić information content (AvgIpc) is 2.48. The smallest absolute Gasteiger partial charge is 0.425 e. The number of carbonyl (C=O) groups is 1. The van der Waals surface area contributed by atoms with Gasteiger partial charge < -0.3 is 9.84 Å². The number of ether oxygens (including phenoxy) is 1. The number of aromatic nitrogens is 2. The molecule has 0 saturated heterocycles. The lowest BCUT2D eigenvalue weighted by Gasteiger charge is -2.19. The van der Waals surface area contributed by atoms with Crippen molar-refractivity contribution in [1.82, 2.24) is 9.13 Å². The first-order chi connectivity index (χ1) is 8.26. The van der Waals surface area contributed by atoms with Crippen LogP contribution in [0.5, 0.6) is 5.88 Å². The summed E-state index contributed by atoms with van der Waals surface area (Å²) in [4.78, 5) is 23.6. The second-order valence-corrected chi connectivity index (χ2v) is 5.61. The molecule has 0 amide bonds. The Morgan fingerprint density at radius 1 is 1.50 bits per heavy atom. The minimum absolute atomic E-state index is 0.413. The molecule has 0 unspecified atom stereocenters. The van der Waals surface area contributed by atoms with Crippen molar-refractivity contribution in [3.63, 3.8) is 0 Å².